The second-order valence-corrected chi connectivity index (χ2v) is 5.85. The lowest BCUT2D eigenvalue weighted by Gasteiger charge is -2.34. The van der Waals surface area contributed by atoms with E-state index < -0.39 is 0 Å². The molecule has 1 aromatic rings. The lowest BCUT2D eigenvalue weighted by atomic mass is 10.3. The maximum Gasteiger partial charge on any atom is 0.294 e. The van der Waals surface area contributed by atoms with E-state index in [2.05, 4.69) is 20.0 Å². The Hall–Kier alpha value is -0.760. The molecule has 7 heteroatoms. The maximum absolute atomic E-state index is 9.37. The zero-order chi connectivity index (χ0) is 13.7. The minimum absolute atomic E-state index is 0.247. The van der Waals surface area contributed by atoms with Crippen molar-refractivity contribution in [1.82, 2.24) is 20.0 Å². The van der Waals surface area contributed by atoms with Gasteiger partial charge in [-0.1, -0.05) is 11.3 Å². The molecule has 1 aromatic heterocycles. The third-order valence-corrected chi connectivity index (χ3v) is 3.88. The molecule has 2 heterocycles. The van der Waals surface area contributed by atoms with Gasteiger partial charge in [0.15, 0.2) is 0 Å². The molecule has 0 unspecified atom stereocenters. The summed E-state index contributed by atoms with van der Waals surface area (Å²) in [7, 11) is 0. The van der Waals surface area contributed by atoms with Gasteiger partial charge >= 0.3 is 0 Å². The van der Waals surface area contributed by atoms with Gasteiger partial charge in [-0.25, -0.2) is 0 Å². The number of piperazine rings is 1. The van der Waals surface area contributed by atoms with Crippen LogP contribution in [0.1, 0.15) is 18.9 Å². The van der Waals surface area contributed by atoms with E-state index in [1.807, 2.05) is 13.8 Å². The molecule has 0 bridgehead atoms. The summed E-state index contributed by atoms with van der Waals surface area (Å²) in [4.78, 5) is 4.67. The summed E-state index contributed by atoms with van der Waals surface area (Å²) in [6, 6.07) is 0. The number of aliphatic hydroxyl groups is 1. The summed E-state index contributed by atoms with van der Waals surface area (Å²) in [5.41, 5.74) is 0. The number of aromatic nitrogens is 2. The fourth-order valence-electron chi connectivity index (χ4n) is 2.18. The predicted molar refractivity (Wildman–Crippen MR) is 74.5 cm³/mol. The molecule has 1 aliphatic heterocycles. The predicted octanol–water partition coefficient (Wildman–Crippen LogP) is 0.435. The average Bonchev–Trinajstić information content (AvgIpc) is 2.79. The average molecular weight is 286 g/mol. The molecule has 19 heavy (non-hydrogen) atoms. The Morgan fingerprint density at radius 1 is 1.26 bits per heavy atom. The molecule has 1 atom stereocenters. The summed E-state index contributed by atoms with van der Waals surface area (Å²) in [5.74, 6) is 0. The topological polar surface area (TPSA) is 61.7 Å². The van der Waals surface area contributed by atoms with Crippen LogP contribution in [0.2, 0.25) is 0 Å². The van der Waals surface area contributed by atoms with Crippen molar-refractivity contribution in [2.24, 2.45) is 0 Å². The van der Waals surface area contributed by atoms with Crippen LogP contribution in [-0.2, 0) is 6.54 Å². The fraction of sp³-hybridized carbons (Fsp3) is 0.833. The van der Waals surface area contributed by atoms with Crippen LogP contribution >= 0.6 is 11.3 Å². The smallest absolute Gasteiger partial charge is 0.294 e. The van der Waals surface area contributed by atoms with Crippen LogP contribution in [0, 0.1) is 0 Å². The minimum atomic E-state index is -0.247. The highest BCUT2D eigenvalue weighted by Gasteiger charge is 2.19. The second-order valence-electron chi connectivity index (χ2n) is 4.82. The minimum Gasteiger partial charge on any atom is -0.469 e. The van der Waals surface area contributed by atoms with E-state index in [0.717, 1.165) is 44.3 Å². The molecule has 1 fully saturated rings. The first kappa shape index (κ1) is 14.6. The van der Waals surface area contributed by atoms with E-state index in [1.54, 1.807) is 0 Å². The highest BCUT2D eigenvalue weighted by molar-refractivity contribution is 7.13. The Kier molecular flexibility index (Phi) is 5.50. The summed E-state index contributed by atoms with van der Waals surface area (Å²) >= 11 is 1.52. The van der Waals surface area contributed by atoms with Gasteiger partial charge in [0, 0.05) is 32.7 Å². The van der Waals surface area contributed by atoms with Crippen molar-refractivity contribution in [3.05, 3.63) is 5.01 Å². The summed E-state index contributed by atoms with van der Waals surface area (Å²) < 4.78 is 5.33. The van der Waals surface area contributed by atoms with Crippen molar-refractivity contribution in [3.8, 4) is 5.19 Å². The lowest BCUT2D eigenvalue weighted by Crippen LogP contribution is -2.47. The molecule has 1 aliphatic rings. The first-order valence-corrected chi connectivity index (χ1v) is 7.57. The summed E-state index contributed by atoms with van der Waals surface area (Å²) in [5, 5.41) is 19.2. The molecule has 0 saturated carbocycles. The van der Waals surface area contributed by atoms with Crippen LogP contribution in [0.25, 0.3) is 0 Å². The van der Waals surface area contributed by atoms with Crippen molar-refractivity contribution in [2.75, 3.05) is 39.3 Å². The Labute approximate surface area is 118 Å². The molecule has 6 nitrogen and oxygen atoms in total. The van der Waals surface area contributed by atoms with Gasteiger partial charge in [-0.2, -0.15) is 0 Å². The third kappa shape index (κ3) is 4.68. The Balaban J connectivity index is 1.75. The van der Waals surface area contributed by atoms with Crippen molar-refractivity contribution >= 4 is 11.3 Å². The SMILES string of the molecule is CCOc1nnc(CN2CCN(C[C@@H](C)O)CC2)s1. The number of nitrogens with zero attached hydrogens (tertiary/aromatic N) is 4. The van der Waals surface area contributed by atoms with Gasteiger partial charge in [0.1, 0.15) is 5.01 Å². The van der Waals surface area contributed by atoms with E-state index in [1.165, 1.54) is 11.3 Å². The zero-order valence-corrected chi connectivity index (χ0v) is 12.4. The van der Waals surface area contributed by atoms with E-state index in [4.69, 9.17) is 4.74 Å². The third-order valence-electron chi connectivity index (χ3n) is 3.06. The quantitative estimate of drug-likeness (QED) is 0.818. The number of hydrogen-bond acceptors (Lipinski definition) is 7. The van der Waals surface area contributed by atoms with Gasteiger partial charge in [0.05, 0.1) is 19.3 Å². The first-order valence-electron chi connectivity index (χ1n) is 6.75. The highest BCUT2D eigenvalue weighted by Crippen LogP contribution is 2.19. The molecular weight excluding hydrogens is 264 g/mol. The summed E-state index contributed by atoms with van der Waals surface area (Å²) in [6.45, 7) is 10.0. The van der Waals surface area contributed by atoms with E-state index in [-0.39, 0.29) is 6.10 Å². The first-order chi connectivity index (χ1) is 9.17. The maximum atomic E-state index is 9.37. The molecule has 0 aromatic carbocycles. The highest BCUT2D eigenvalue weighted by atomic mass is 32.1. The van der Waals surface area contributed by atoms with E-state index >= 15 is 0 Å². The van der Waals surface area contributed by atoms with Gasteiger partial charge in [-0.15, -0.1) is 10.2 Å². The molecule has 1 saturated heterocycles. The molecular formula is C12H22N4O2S. The van der Waals surface area contributed by atoms with E-state index in [0.29, 0.717) is 11.8 Å². The van der Waals surface area contributed by atoms with Crippen LogP contribution in [0.4, 0.5) is 0 Å². The van der Waals surface area contributed by atoms with Crippen LogP contribution in [-0.4, -0.2) is 70.5 Å². The fourth-order valence-corrected chi connectivity index (χ4v) is 2.97. The Morgan fingerprint density at radius 2 is 1.95 bits per heavy atom. The zero-order valence-electron chi connectivity index (χ0n) is 11.6. The number of hydrogen-bond donors (Lipinski definition) is 1. The standard InChI is InChI=1S/C12H22N4O2S/c1-3-18-12-14-13-11(19-12)9-16-6-4-15(5-7-16)8-10(2)17/h10,17H,3-9H2,1-2H3/t10-/m1/s1. The van der Waals surface area contributed by atoms with E-state index in [9.17, 15) is 5.11 Å². The number of aliphatic hydroxyl groups excluding tert-OH is 1. The van der Waals surface area contributed by atoms with Gasteiger partial charge in [-0.05, 0) is 13.8 Å². The largest absolute Gasteiger partial charge is 0.469 e. The van der Waals surface area contributed by atoms with Gasteiger partial charge in [0.25, 0.3) is 5.19 Å². The number of rotatable bonds is 6. The molecule has 0 amide bonds. The van der Waals surface area contributed by atoms with Crippen molar-refractivity contribution in [2.45, 2.75) is 26.5 Å². The number of β-amino-alcohol motifs (C(OH)–C–C–N with tert-alkyl or cyclic N) is 1. The van der Waals surface area contributed by atoms with Crippen LogP contribution in [0.5, 0.6) is 5.19 Å². The van der Waals surface area contributed by atoms with Gasteiger partial charge in [-0.3, -0.25) is 9.80 Å². The molecule has 108 valence electrons. The monoisotopic (exact) mass is 286 g/mol. The van der Waals surface area contributed by atoms with Gasteiger partial charge < -0.3 is 9.84 Å². The van der Waals surface area contributed by atoms with Crippen LogP contribution in [0.15, 0.2) is 0 Å². The molecule has 0 spiro atoms. The number of ether oxygens (including phenoxy) is 1. The molecule has 1 N–H and O–H groups in total. The normalized spacial score (nSPS) is 19.5. The molecule has 0 aliphatic carbocycles. The second kappa shape index (κ2) is 7.14. The van der Waals surface area contributed by atoms with Crippen LogP contribution in [0.3, 0.4) is 0 Å². The summed E-state index contributed by atoms with van der Waals surface area (Å²) in [6.07, 6.45) is -0.247. The van der Waals surface area contributed by atoms with Crippen LogP contribution < -0.4 is 4.74 Å². The van der Waals surface area contributed by atoms with Crippen molar-refractivity contribution in [3.63, 3.8) is 0 Å². The van der Waals surface area contributed by atoms with Gasteiger partial charge in [0.2, 0.25) is 0 Å². The lowest BCUT2D eigenvalue weighted by molar-refractivity contribution is 0.0780. The molecule has 2 rings (SSSR count). The van der Waals surface area contributed by atoms with Crippen molar-refractivity contribution < 1.29 is 9.84 Å². The van der Waals surface area contributed by atoms with Crippen molar-refractivity contribution in [1.29, 1.82) is 0 Å². The Bertz CT molecular complexity index is 378. The molecule has 0 radical (unpaired) electrons. The Morgan fingerprint density at radius 3 is 2.58 bits per heavy atom.